The molecular weight excluding hydrogens is 240 g/mol. The fourth-order valence-electron chi connectivity index (χ4n) is 2.20. The Morgan fingerprint density at radius 3 is 2.72 bits per heavy atom. The molecule has 0 amide bonds. The van der Waals surface area contributed by atoms with Crippen LogP contribution in [0.2, 0.25) is 0 Å². The maximum atomic E-state index is 5.90. The van der Waals surface area contributed by atoms with Gasteiger partial charge in [0.05, 0.1) is 5.01 Å². The summed E-state index contributed by atoms with van der Waals surface area (Å²) in [5.41, 5.74) is 8.60. The Morgan fingerprint density at radius 1 is 1.28 bits per heavy atom. The summed E-state index contributed by atoms with van der Waals surface area (Å²) in [6, 6.07) is 8.69. The Bertz CT molecular complexity index is 505. The highest BCUT2D eigenvalue weighted by Crippen LogP contribution is 2.19. The predicted molar refractivity (Wildman–Crippen MR) is 78.0 cm³/mol. The average Bonchev–Trinajstić information content (AvgIpc) is 2.74. The molecule has 0 saturated heterocycles. The molecule has 0 aliphatic rings. The van der Waals surface area contributed by atoms with Gasteiger partial charge in [0, 0.05) is 11.1 Å². The molecule has 3 heteroatoms. The number of nitrogens with two attached hydrogens (primary N) is 1. The fourth-order valence-corrected chi connectivity index (χ4v) is 3.10. The van der Waals surface area contributed by atoms with Crippen molar-refractivity contribution in [3.63, 3.8) is 0 Å². The molecule has 2 aromatic rings. The van der Waals surface area contributed by atoms with Gasteiger partial charge >= 0.3 is 0 Å². The number of rotatable bonds is 5. The molecule has 2 nitrogen and oxygen atoms in total. The van der Waals surface area contributed by atoms with Crippen molar-refractivity contribution in [2.45, 2.75) is 26.7 Å². The van der Waals surface area contributed by atoms with Gasteiger partial charge in [0.2, 0.25) is 0 Å². The lowest BCUT2D eigenvalue weighted by Crippen LogP contribution is -2.19. The van der Waals surface area contributed by atoms with Crippen LogP contribution in [0.1, 0.15) is 21.0 Å². The van der Waals surface area contributed by atoms with E-state index in [4.69, 9.17) is 5.73 Å². The first-order valence-electron chi connectivity index (χ1n) is 6.34. The van der Waals surface area contributed by atoms with Crippen molar-refractivity contribution in [3.05, 3.63) is 51.5 Å². The van der Waals surface area contributed by atoms with E-state index >= 15 is 0 Å². The van der Waals surface area contributed by atoms with E-state index in [1.54, 1.807) is 11.3 Å². The predicted octanol–water partition coefficient (Wildman–Crippen LogP) is 3.12. The third kappa shape index (κ3) is 3.65. The molecule has 1 unspecified atom stereocenters. The van der Waals surface area contributed by atoms with Gasteiger partial charge in [0.15, 0.2) is 0 Å². The average molecular weight is 260 g/mol. The summed E-state index contributed by atoms with van der Waals surface area (Å²) >= 11 is 1.78. The second kappa shape index (κ2) is 6.12. The number of hydrogen-bond acceptors (Lipinski definition) is 3. The lowest BCUT2D eigenvalue weighted by molar-refractivity contribution is 0.537. The highest BCUT2D eigenvalue weighted by atomic mass is 32.1. The SMILES string of the molecule is Cc1cccc(CC(CN)Cc2cnc(C)s2)c1. The van der Waals surface area contributed by atoms with Gasteiger partial charge in [0.1, 0.15) is 0 Å². The molecule has 0 radical (unpaired) electrons. The van der Waals surface area contributed by atoms with Crippen LogP contribution in [0.3, 0.4) is 0 Å². The minimum Gasteiger partial charge on any atom is -0.330 e. The molecule has 0 spiro atoms. The van der Waals surface area contributed by atoms with Crippen LogP contribution in [0.4, 0.5) is 0 Å². The summed E-state index contributed by atoms with van der Waals surface area (Å²) in [5.74, 6) is 0.506. The van der Waals surface area contributed by atoms with E-state index in [1.165, 1.54) is 16.0 Å². The van der Waals surface area contributed by atoms with Gasteiger partial charge in [-0.05, 0) is 44.7 Å². The molecule has 0 fully saturated rings. The first-order valence-corrected chi connectivity index (χ1v) is 7.16. The van der Waals surface area contributed by atoms with Crippen LogP contribution in [0, 0.1) is 19.8 Å². The lowest BCUT2D eigenvalue weighted by atomic mass is 9.95. The maximum Gasteiger partial charge on any atom is 0.0896 e. The molecule has 18 heavy (non-hydrogen) atoms. The Labute approximate surface area is 113 Å². The summed E-state index contributed by atoms with van der Waals surface area (Å²) in [4.78, 5) is 5.65. The second-order valence-electron chi connectivity index (χ2n) is 4.84. The first kappa shape index (κ1) is 13.2. The highest BCUT2D eigenvalue weighted by molar-refractivity contribution is 7.11. The van der Waals surface area contributed by atoms with E-state index in [-0.39, 0.29) is 0 Å². The first-order chi connectivity index (χ1) is 8.67. The molecule has 1 aromatic carbocycles. The van der Waals surface area contributed by atoms with Crippen LogP contribution < -0.4 is 5.73 Å². The molecule has 1 heterocycles. The van der Waals surface area contributed by atoms with Crippen LogP contribution in [0.25, 0.3) is 0 Å². The van der Waals surface area contributed by atoms with Gasteiger partial charge in [-0.1, -0.05) is 29.8 Å². The number of aromatic nitrogens is 1. The minimum atomic E-state index is 0.506. The van der Waals surface area contributed by atoms with Crippen LogP contribution in [0.5, 0.6) is 0 Å². The summed E-state index contributed by atoms with van der Waals surface area (Å²) in [7, 11) is 0. The molecule has 96 valence electrons. The minimum absolute atomic E-state index is 0.506. The quantitative estimate of drug-likeness (QED) is 0.897. The highest BCUT2D eigenvalue weighted by Gasteiger charge is 2.11. The van der Waals surface area contributed by atoms with Gasteiger partial charge in [-0.2, -0.15) is 0 Å². The van der Waals surface area contributed by atoms with E-state index in [1.807, 2.05) is 13.1 Å². The van der Waals surface area contributed by atoms with Crippen molar-refractivity contribution < 1.29 is 0 Å². The van der Waals surface area contributed by atoms with Crippen LogP contribution >= 0.6 is 11.3 Å². The zero-order chi connectivity index (χ0) is 13.0. The van der Waals surface area contributed by atoms with Gasteiger partial charge in [0.25, 0.3) is 0 Å². The topological polar surface area (TPSA) is 38.9 Å². The van der Waals surface area contributed by atoms with Crippen molar-refractivity contribution >= 4 is 11.3 Å². The molecular formula is C15H20N2S. The number of hydrogen-bond donors (Lipinski definition) is 1. The van der Waals surface area contributed by atoms with E-state index in [2.05, 4.69) is 36.2 Å². The van der Waals surface area contributed by atoms with Gasteiger partial charge in [-0.25, -0.2) is 4.98 Å². The smallest absolute Gasteiger partial charge is 0.0896 e. The monoisotopic (exact) mass is 260 g/mol. The van der Waals surface area contributed by atoms with Crippen molar-refractivity contribution in [2.24, 2.45) is 11.7 Å². The Balaban J connectivity index is 2.01. The normalized spacial score (nSPS) is 12.6. The maximum absolute atomic E-state index is 5.90. The molecule has 1 atom stereocenters. The summed E-state index contributed by atoms with van der Waals surface area (Å²) in [5, 5.41) is 1.14. The molecule has 0 saturated carbocycles. The van der Waals surface area contributed by atoms with Crippen LogP contribution in [0.15, 0.2) is 30.5 Å². The van der Waals surface area contributed by atoms with E-state index < -0.39 is 0 Å². The Hall–Kier alpha value is -1.19. The van der Waals surface area contributed by atoms with E-state index in [0.29, 0.717) is 5.92 Å². The summed E-state index contributed by atoms with van der Waals surface area (Å²) in [6.07, 6.45) is 4.07. The van der Waals surface area contributed by atoms with Gasteiger partial charge in [-0.15, -0.1) is 11.3 Å². The fraction of sp³-hybridized carbons (Fsp3) is 0.400. The Morgan fingerprint density at radius 2 is 2.11 bits per heavy atom. The van der Waals surface area contributed by atoms with Crippen molar-refractivity contribution in [2.75, 3.05) is 6.54 Å². The summed E-state index contributed by atoms with van der Waals surface area (Å²) < 4.78 is 0. The second-order valence-corrected chi connectivity index (χ2v) is 6.16. The molecule has 0 bridgehead atoms. The standard InChI is InChI=1S/C15H20N2S/c1-11-4-3-5-13(6-11)7-14(9-16)8-15-10-17-12(2)18-15/h3-6,10,14H,7-9,16H2,1-2H3. The largest absolute Gasteiger partial charge is 0.330 e. The third-order valence-corrected chi connectivity index (χ3v) is 4.03. The zero-order valence-electron chi connectivity index (χ0n) is 11.0. The molecule has 1 aromatic heterocycles. The Kier molecular flexibility index (Phi) is 4.50. The van der Waals surface area contributed by atoms with Crippen LogP contribution in [-0.2, 0) is 12.8 Å². The summed E-state index contributed by atoms with van der Waals surface area (Å²) in [6.45, 7) is 4.91. The zero-order valence-corrected chi connectivity index (χ0v) is 11.8. The van der Waals surface area contributed by atoms with E-state index in [9.17, 15) is 0 Å². The van der Waals surface area contributed by atoms with Crippen molar-refractivity contribution in [3.8, 4) is 0 Å². The number of benzene rings is 1. The van der Waals surface area contributed by atoms with Crippen molar-refractivity contribution in [1.82, 2.24) is 4.98 Å². The molecule has 0 aliphatic heterocycles. The molecule has 0 aliphatic carbocycles. The lowest BCUT2D eigenvalue weighted by Gasteiger charge is -2.13. The molecule has 2 N–H and O–H groups in total. The van der Waals surface area contributed by atoms with Gasteiger partial charge in [-0.3, -0.25) is 0 Å². The van der Waals surface area contributed by atoms with Gasteiger partial charge < -0.3 is 5.73 Å². The number of aryl methyl sites for hydroxylation is 2. The van der Waals surface area contributed by atoms with E-state index in [0.717, 1.165) is 24.4 Å². The van der Waals surface area contributed by atoms with Crippen molar-refractivity contribution in [1.29, 1.82) is 0 Å². The molecule has 2 rings (SSSR count). The number of nitrogens with zero attached hydrogens (tertiary/aromatic N) is 1. The van der Waals surface area contributed by atoms with Crippen LogP contribution in [-0.4, -0.2) is 11.5 Å². The third-order valence-electron chi connectivity index (χ3n) is 3.10. The number of thiazole rings is 1.